The summed E-state index contributed by atoms with van der Waals surface area (Å²) in [7, 11) is 0. The quantitative estimate of drug-likeness (QED) is 0.775. The van der Waals surface area contributed by atoms with Crippen LogP contribution in [0.1, 0.15) is 24.4 Å². The Kier molecular flexibility index (Phi) is 3.85. The standard InChI is InChI=1S/C16H19N3S/c1-12(2)17-9-13-7-8-19(10-13)11-16-18-14-5-3-4-6-15(14)20-16/h3-8,10,12,17H,9,11H2,1-2H3. The molecule has 2 heterocycles. The van der Waals surface area contributed by atoms with Crippen LogP contribution < -0.4 is 5.32 Å². The van der Waals surface area contributed by atoms with E-state index in [1.165, 1.54) is 10.3 Å². The number of nitrogens with one attached hydrogen (secondary N) is 1. The maximum absolute atomic E-state index is 4.67. The molecule has 104 valence electrons. The van der Waals surface area contributed by atoms with Gasteiger partial charge in [0.2, 0.25) is 0 Å². The molecule has 1 aromatic carbocycles. The van der Waals surface area contributed by atoms with Gasteiger partial charge in [0.15, 0.2) is 0 Å². The SMILES string of the molecule is CC(C)NCc1ccn(Cc2nc3ccccc3s2)c1. The van der Waals surface area contributed by atoms with E-state index in [1.807, 2.05) is 6.07 Å². The lowest BCUT2D eigenvalue weighted by Gasteiger charge is -2.05. The molecule has 3 aromatic rings. The summed E-state index contributed by atoms with van der Waals surface area (Å²) in [4.78, 5) is 4.67. The van der Waals surface area contributed by atoms with E-state index in [-0.39, 0.29) is 0 Å². The number of nitrogens with zero attached hydrogens (tertiary/aromatic N) is 2. The van der Waals surface area contributed by atoms with Crippen molar-refractivity contribution < 1.29 is 0 Å². The Morgan fingerprint density at radius 1 is 1.25 bits per heavy atom. The number of hydrogen-bond acceptors (Lipinski definition) is 3. The largest absolute Gasteiger partial charge is 0.347 e. The number of benzene rings is 1. The number of para-hydroxylation sites is 1. The topological polar surface area (TPSA) is 29.9 Å². The predicted octanol–water partition coefficient (Wildman–Crippen LogP) is 3.64. The lowest BCUT2D eigenvalue weighted by molar-refractivity contribution is 0.588. The average Bonchev–Trinajstić information content (AvgIpc) is 3.02. The maximum atomic E-state index is 4.67. The second-order valence-electron chi connectivity index (χ2n) is 5.30. The van der Waals surface area contributed by atoms with E-state index in [0.717, 1.165) is 23.6 Å². The summed E-state index contributed by atoms with van der Waals surface area (Å²) in [5.41, 5.74) is 2.42. The van der Waals surface area contributed by atoms with E-state index < -0.39 is 0 Å². The highest BCUT2D eigenvalue weighted by molar-refractivity contribution is 7.18. The Morgan fingerprint density at radius 2 is 2.10 bits per heavy atom. The van der Waals surface area contributed by atoms with Crippen molar-refractivity contribution in [2.24, 2.45) is 0 Å². The number of thiazole rings is 1. The van der Waals surface area contributed by atoms with Gasteiger partial charge in [0.1, 0.15) is 5.01 Å². The predicted molar refractivity (Wildman–Crippen MR) is 85.1 cm³/mol. The van der Waals surface area contributed by atoms with Crippen LogP contribution in [0.2, 0.25) is 0 Å². The third-order valence-electron chi connectivity index (χ3n) is 3.18. The molecule has 0 aliphatic heterocycles. The van der Waals surface area contributed by atoms with Crippen LogP contribution in [-0.4, -0.2) is 15.6 Å². The lowest BCUT2D eigenvalue weighted by atomic mass is 10.3. The van der Waals surface area contributed by atoms with Gasteiger partial charge in [-0.2, -0.15) is 0 Å². The highest BCUT2D eigenvalue weighted by Crippen LogP contribution is 2.22. The summed E-state index contributed by atoms with van der Waals surface area (Å²) < 4.78 is 3.46. The molecule has 3 nitrogen and oxygen atoms in total. The fourth-order valence-corrected chi connectivity index (χ4v) is 3.14. The molecular weight excluding hydrogens is 266 g/mol. The molecule has 0 saturated heterocycles. The average molecular weight is 285 g/mol. The van der Waals surface area contributed by atoms with E-state index in [1.54, 1.807) is 11.3 Å². The monoisotopic (exact) mass is 285 g/mol. The van der Waals surface area contributed by atoms with Crippen molar-refractivity contribution in [3.63, 3.8) is 0 Å². The van der Waals surface area contributed by atoms with Crippen LogP contribution in [0.4, 0.5) is 0 Å². The zero-order chi connectivity index (χ0) is 13.9. The molecular formula is C16H19N3S. The molecule has 0 bridgehead atoms. The highest BCUT2D eigenvalue weighted by Gasteiger charge is 2.04. The number of aromatic nitrogens is 2. The molecule has 0 saturated carbocycles. The van der Waals surface area contributed by atoms with Crippen molar-refractivity contribution in [3.8, 4) is 0 Å². The number of hydrogen-bond donors (Lipinski definition) is 1. The second kappa shape index (κ2) is 5.77. The van der Waals surface area contributed by atoms with E-state index in [2.05, 4.69) is 65.4 Å². The maximum Gasteiger partial charge on any atom is 0.114 e. The van der Waals surface area contributed by atoms with Gasteiger partial charge in [0.25, 0.3) is 0 Å². The molecule has 4 heteroatoms. The Balaban J connectivity index is 1.71. The van der Waals surface area contributed by atoms with E-state index in [4.69, 9.17) is 0 Å². The van der Waals surface area contributed by atoms with Crippen LogP contribution in [0, 0.1) is 0 Å². The fourth-order valence-electron chi connectivity index (χ4n) is 2.16. The van der Waals surface area contributed by atoms with E-state index >= 15 is 0 Å². The first-order valence-electron chi connectivity index (χ1n) is 6.93. The molecule has 0 radical (unpaired) electrons. The Morgan fingerprint density at radius 3 is 2.90 bits per heavy atom. The van der Waals surface area contributed by atoms with Crippen molar-refractivity contribution in [2.45, 2.75) is 33.0 Å². The van der Waals surface area contributed by atoms with Gasteiger partial charge in [-0.3, -0.25) is 0 Å². The fraction of sp³-hybridized carbons (Fsp3) is 0.312. The van der Waals surface area contributed by atoms with Gasteiger partial charge in [-0.25, -0.2) is 4.98 Å². The normalized spacial score (nSPS) is 11.6. The van der Waals surface area contributed by atoms with Crippen molar-refractivity contribution in [1.29, 1.82) is 0 Å². The molecule has 2 aromatic heterocycles. The van der Waals surface area contributed by atoms with Crippen LogP contribution >= 0.6 is 11.3 Å². The minimum Gasteiger partial charge on any atom is -0.347 e. The summed E-state index contributed by atoms with van der Waals surface area (Å²) >= 11 is 1.77. The van der Waals surface area contributed by atoms with E-state index in [0.29, 0.717) is 6.04 Å². The molecule has 0 fully saturated rings. The molecule has 20 heavy (non-hydrogen) atoms. The van der Waals surface area contributed by atoms with Crippen LogP contribution in [0.3, 0.4) is 0 Å². The smallest absolute Gasteiger partial charge is 0.114 e. The summed E-state index contributed by atoms with van der Waals surface area (Å²) in [6.07, 6.45) is 4.32. The molecule has 0 aliphatic rings. The lowest BCUT2D eigenvalue weighted by Crippen LogP contribution is -2.21. The minimum atomic E-state index is 0.516. The van der Waals surface area contributed by atoms with Gasteiger partial charge in [-0.15, -0.1) is 11.3 Å². The molecule has 0 aliphatic carbocycles. The zero-order valence-corrected chi connectivity index (χ0v) is 12.7. The summed E-state index contributed by atoms with van der Waals surface area (Å²) in [5, 5.41) is 4.59. The number of rotatable bonds is 5. The first kappa shape index (κ1) is 13.3. The molecule has 0 spiro atoms. The number of fused-ring (bicyclic) bond motifs is 1. The van der Waals surface area contributed by atoms with Crippen molar-refractivity contribution in [1.82, 2.24) is 14.9 Å². The molecule has 1 N–H and O–H groups in total. The van der Waals surface area contributed by atoms with Gasteiger partial charge in [-0.1, -0.05) is 26.0 Å². The van der Waals surface area contributed by atoms with Gasteiger partial charge >= 0.3 is 0 Å². The van der Waals surface area contributed by atoms with Gasteiger partial charge in [0, 0.05) is 25.0 Å². The third kappa shape index (κ3) is 3.08. The van der Waals surface area contributed by atoms with Crippen LogP contribution in [0.25, 0.3) is 10.2 Å². The van der Waals surface area contributed by atoms with Crippen LogP contribution in [-0.2, 0) is 13.1 Å². The first-order valence-corrected chi connectivity index (χ1v) is 7.75. The van der Waals surface area contributed by atoms with Gasteiger partial charge < -0.3 is 9.88 Å². The molecule has 0 atom stereocenters. The van der Waals surface area contributed by atoms with Crippen molar-refractivity contribution in [2.75, 3.05) is 0 Å². The Hall–Kier alpha value is -1.65. The van der Waals surface area contributed by atoms with Crippen molar-refractivity contribution >= 4 is 21.6 Å². The van der Waals surface area contributed by atoms with Gasteiger partial charge in [-0.05, 0) is 23.8 Å². The van der Waals surface area contributed by atoms with Crippen molar-refractivity contribution in [3.05, 3.63) is 53.3 Å². The van der Waals surface area contributed by atoms with E-state index in [9.17, 15) is 0 Å². The van der Waals surface area contributed by atoms with Crippen LogP contribution in [0.5, 0.6) is 0 Å². The second-order valence-corrected chi connectivity index (χ2v) is 6.42. The Bertz CT molecular complexity index is 663. The highest BCUT2D eigenvalue weighted by atomic mass is 32.1. The zero-order valence-electron chi connectivity index (χ0n) is 11.8. The van der Waals surface area contributed by atoms with Gasteiger partial charge in [0.05, 0.1) is 16.8 Å². The molecule has 3 rings (SSSR count). The Labute approximate surface area is 123 Å². The molecule has 0 amide bonds. The summed E-state index contributed by atoms with van der Waals surface area (Å²) in [6.45, 7) is 6.10. The molecule has 0 unspecified atom stereocenters. The minimum absolute atomic E-state index is 0.516. The van der Waals surface area contributed by atoms with Crippen LogP contribution in [0.15, 0.2) is 42.7 Å². The third-order valence-corrected chi connectivity index (χ3v) is 4.20. The first-order chi connectivity index (χ1) is 9.70. The summed E-state index contributed by atoms with van der Waals surface area (Å²) in [5.74, 6) is 0. The summed E-state index contributed by atoms with van der Waals surface area (Å²) in [6, 6.07) is 11.0.